The number of rotatable bonds is 5. The number of aryl methyl sites for hydroxylation is 1. The smallest absolute Gasteiger partial charge is 0.119 e. The van der Waals surface area contributed by atoms with E-state index in [4.69, 9.17) is 10.5 Å². The highest BCUT2D eigenvalue weighted by atomic mass is 79.9. The van der Waals surface area contributed by atoms with E-state index in [0.29, 0.717) is 19.7 Å². The molecule has 0 bridgehead atoms. The van der Waals surface area contributed by atoms with E-state index in [-0.39, 0.29) is 0 Å². The third-order valence-corrected chi connectivity index (χ3v) is 3.40. The molecule has 2 N–H and O–H groups in total. The quantitative estimate of drug-likeness (QED) is 0.916. The zero-order valence-corrected chi connectivity index (χ0v) is 11.7. The van der Waals surface area contributed by atoms with Gasteiger partial charge in [-0.1, -0.05) is 21.1 Å². The summed E-state index contributed by atoms with van der Waals surface area (Å²) in [7, 11) is 0. The molecule has 0 aliphatic carbocycles. The Kier molecular flexibility index (Phi) is 4.33. The first-order valence-electron chi connectivity index (χ1n) is 5.67. The minimum absolute atomic E-state index is 0.409. The summed E-state index contributed by atoms with van der Waals surface area (Å²) in [6.45, 7) is 3.64. The molecular weight excluding hydrogens is 296 g/mol. The lowest BCUT2D eigenvalue weighted by Gasteiger charge is -2.07. The second kappa shape index (κ2) is 5.97. The topological polar surface area (TPSA) is 66.0 Å². The van der Waals surface area contributed by atoms with Crippen molar-refractivity contribution in [2.45, 2.75) is 20.0 Å². The lowest BCUT2D eigenvalue weighted by atomic mass is 10.2. The zero-order chi connectivity index (χ0) is 13.0. The Bertz CT molecular complexity index is 527. The predicted octanol–water partition coefficient (Wildman–Crippen LogP) is 1.89. The van der Waals surface area contributed by atoms with E-state index in [1.165, 1.54) is 0 Å². The SMILES string of the molecule is Cc1cc(OCCn2cc(CN)nn2)ccc1Br. The molecule has 0 amide bonds. The molecule has 0 aliphatic heterocycles. The Labute approximate surface area is 114 Å². The molecule has 18 heavy (non-hydrogen) atoms. The second-order valence-corrected chi connectivity index (χ2v) is 4.79. The molecule has 0 atom stereocenters. The normalized spacial score (nSPS) is 10.6. The Morgan fingerprint density at radius 1 is 1.44 bits per heavy atom. The van der Waals surface area contributed by atoms with Crippen molar-refractivity contribution in [1.29, 1.82) is 0 Å². The van der Waals surface area contributed by atoms with E-state index in [2.05, 4.69) is 26.2 Å². The van der Waals surface area contributed by atoms with Gasteiger partial charge in [-0.3, -0.25) is 0 Å². The molecule has 0 saturated heterocycles. The summed E-state index contributed by atoms with van der Waals surface area (Å²) in [5.74, 6) is 0.856. The van der Waals surface area contributed by atoms with Crippen molar-refractivity contribution < 1.29 is 4.74 Å². The Morgan fingerprint density at radius 3 is 2.94 bits per heavy atom. The number of halogens is 1. The number of ether oxygens (including phenoxy) is 1. The van der Waals surface area contributed by atoms with E-state index in [0.717, 1.165) is 21.5 Å². The molecule has 5 nitrogen and oxygen atoms in total. The third kappa shape index (κ3) is 3.30. The van der Waals surface area contributed by atoms with E-state index in [1.54, 1.807) is 4.68 Å². The number of hydrogen-bond acceptors (Lipinski definition) is 4. The molecule has 1 aromatic heterocycles. The summed E-state index contributed by atoms with van der Waals surface area (Å²) >= 11 is 3.46. The number of benzene rings is 1. The Hall–Kier alpha value is -1.40. The fourth-order valence-corrected chi connectivity index (χ4v) is 1.75. The number of nitrogens with two attached hydrogens (primary N) is 1. The van der Waals surface area contributed by atoms with Crippen molar-refractivity contribution in [1.82, 2.24) is 15.0 Å². The van der Waals surface area contributed by atoms with Crippen LogP contribution in [0.15, 0.2) is 28.9 Å². The van der Waals surface area contributed by atoms with Gasteiger partial charge in [0.05, 0.1) is 12.2 Å². The summed E-state index contributed by atoms with van der Waals surface area (Å²) in [6, 6.07) is 5.91. The number of nitrogens with zero attached hydrogens (tertiary/aromatic N) is 3. The van der Waals surface area contributed by atoms with Crippen molar-refractivity contribution in [2.75, 3.05) is 6.61 Å². The second-order valence-electron chi connectivity index (χ2n) is 3.94. The fourth-order valence-electron chi connectivity index (χ4n) is 1.51. The monoisotopic (exact) mass is 310 g/mol. The predicted molar refractivity (Wildman–Crippen MR) is 72.3 cm³/mol. The minimum Gasteiger partial charge on any atom is -0.492 e. The van der Waals surface area contributed by atoms with Gasteiger partial charge in [0.2, 0.25) is 0 Å². The summed E-state index contributed by atoms with van der Waals surface area (Å²) in [5.41, 5.74) is 7.40. The van der Waals surface area contributed by atoms with Gasteiger partial charge < -0.3 is 10.5 Å². The first-order chi connectivity index (χ1) is 8.69. The van der Waals surface area contributed by atoms with Crippen molar-refractivity contribution in [2.24, 2.45) is 5.73 Å². The summed E-state index contributed by atoms with van der Waals surface area (Å²) < 4.78 is 8.46. The maximum Gasteiger partial charge on any atom is 0.119 e. The van der Waals surface area contributed by atoms with Crippen LogP contribution in [0.1, 0.15) is 11.3 Å². The molecule has 0 aliphatic rings. The van der Waals surface area contributed by atoms with E-state index in [1.807, 2.05) is 31.3 Å². The van der Waals surface area contributed by atoms with Gasteiger partial charge >= 0.3 is 0 Å². The highest BCUT2D eigenvalue weighted by Crippen LogP contribution is 2.21. The van der Waals surface area contributed by atoms with Crippen LogP contribution in [0.25, 0.3) is 0 Å². The maximum atomic E-state index is 5.65. The van der Waals surface area contributed by atoms with Crippen molar-refractivity contribution in [3.05, 3.63) is 40.1 Å². The van der Waals surface area contributed by atoms with Crippen LogP contribution in [0.2, 0.25) is 0 Å². The molecule has 6 heteroatoms. The van der Waals surface area contributed by atoms with Crippen LogP contribution in [-0.4, -0.2) is 21.6 Å². The first-order valence-corrected chi connectivity index (χ1v) is 6.46. The van der Waals surface area contributed by atoms with Crippen LogP contribution >= 0.6 is 15.9 Å². The molecule has 2 aromatic rings. The maximum absolute atomic E-state index is 5.65. The van der Waals surface area contributed by atoms with Crippen LogP contribution in [0, 0.1) is 6.92 Å². The van der Waals surface area contributed by atoms with Crippen LogP contribution in [0.4, 0.5) is 0 Å². The number of hydrogen-bond donors (Lipinski definition) is 1. The molecule has 1 aromatic carbocycles. The average molecular weight is 311 g/mol. The van der Waals surface area contributed by atoms with Gasteiger partial charge in [0.25, 0.3) is 0 Å². The van der Waals surface area contributed by atoms with Gasteiger partial charge in [0.1, 0.15) is 12.4 Å². The van der Waals surface area contributed by atoms with Crippen LogP contribution in [0.5, 0.6) is 5.75 Å². The number of aromatic nitrogens is 3. The molecule has 2 rings (SSSR count). The highest BCUT2D eigenvalue weighted by Gasteiger charge is 2.00. The van der Waals surface area contributed by atoms with Gasteiger partial charge in [-0.2, -0.15) is 0 Å². The van der Waals surface area contributed by atoms with Crippen LogP contribution in [-0.2, 0) is 13.1 Å². The Morgan fingerprint density at radius 2 is 2.28 bits per heavy atom. The van der Waals surface area contributed by atoms with Gasteiger partial charge in [0, 0.05) is 17.2 Å². The largest absolute Gasteiger partial charge is 0.492 e. The van der Waals surface area contributed by atoms with Gasteiger partial charge in [0.15, 0.2) is 0 Å². The average Bonchev–Trinajstić information content (AvgIpc) is 2.82. The zero-order valence-electron chi connectivity index (χ0n) is 10.1. The molecule has 96 valence electrons. The standard InChI is InChI=1S/C12H15BrN4O/c1-9-6-11(2-3-12(9)13)18-5-4-17-8-10(7-14)15-16-17/h2-3,6,8H,4-5,7,14H2,1H3. The summed E-state index contributed by atoms with van der Waals surface area (Å²) in [5, 5.41) is 7.86. The summed E-state index contributed by atoms with van der Waals surface area (Å²) in [4.78, 5) is 0. The van der Waals surface area contributed by atoms with Gasteiger partial charge in [-0.15, -0.1) is 5.10 Å². The highest BCUT2D eigenvalue weighted by molar-refractivity contribution is 9.10. The molecule has 0 saturated carbocycles. The summed E-state index contributed by atoms with van der Waals surface area (Å²) in [6.07, 6.45) is 1.83. The van der Waals surface area contributed by atoms with E-state index >= 15 is 0 Å². The van der Waals surface area contributed by atoms with Gasteiger partial charge in [-0.25, -0.2) is 4.68 Å². The fraction of sp³-hybridized carbons (Fsp3) is 0.333. The van der Waals surface area contributed by atoms with Crippen molar-refractivity contribution >= 4 is 15.9 Å². The Balaban J connectivity index is 1.86. The third-order valence-electron chi connectivity index (χ3n) is 2.51. The molecule has 0 radical (unpaired) electrons. The van der Waals surface area contributed by atoms with E-state index < -0.39 is 0 Å². The first kappa shape index (κ1) is 13.0. The molecule has 0 spiro atoms. The molecule has 0 fully saturated rings. The van der Waals surface area contributed by atoms with Crippen LogP contribution in [0.3, 0.4) is 0 Å². The molecule has 1 heterocycles. The van der Waals surface area contributed by atoms with Crippen molar-refractivity contribution in [3.8, 4) is 5.75 Å². The molecular formula is C12H15BrN4O. The van der Waals surface area contributed by atoms with E-state index in [9.17, 15) is 0 Å². The lowest BCUT2D eigenvalue weighted by Crippen LogP contribution is -2.08. The van der Waals surface area contributed by atoms with Gasteiger partial charge in [-0.05, 0) is 30.7 Å². The molecule has 0 unspecified atom stereocenters. The lowest BCUT2D eigenvalue weighted by molar-refractivity contribution is 0.289. The minimum atomic E-state index is 0.409. The van der Waals surface area contributed by atoms with Crippen molar-refractivity contribution in [3.63, 3.8) is 0 Å². The van der Waals surface area contributed by atoms with Crippen LogP contribution < -0.4 is 10.5 Å².